The molecule has 26 heavy (non-hydrogen) atoms. The third-order valence-electron chi connectivity index (χ3n) is 5.76. The molecule has 5 nitrogen and oxygen atoms in total. The second kappa shape index (κ2) is 5.94. The zero-order valence-corrected chi connectivity index (χ0v) is 16.2. The van der Waals surface area contributed by atoms with Gasteiger partial charge in [-0.1, -0.05) is 0 Å². The number of nitrogens with two attached hydrogens (primary N) is 1. The van der Waals surface area contributed by atoms with Crippen molar-refractivity contribution in [3.63, 3.8) is 0 Å². The van der Waals surface area contributed by atoms with Gasteiger partial charge in [-0.3, -0.25) is 0 Å². The van der Waals surface area contributed by atoms with Crippen LogP contribution in [0.3, 0.4) is 0 Å². The minimum Gasteiger partial charge on any atom is -0.467 e. The monoisotopic (exact) mass is 388 g/mol. The number of nitrogens with one attached hydrogen (secondary N) is 1. The fourth-order valence-corrected chi connectivity index (χ4v) is 5.67. The first-order valence-corrected chi connectivity index (χ1v) is 10.3. The van der Waals surface area contributed by atoms with E-state index in [9.17, 15) is 0 Å². The Balaban J connectivity index is 1.55. The summed E-state index contributed by atoms with van der Waals surface area (Å²) >= 11 is 8.00. The van der Waals surface area contributed by atoms with E-state index < -0.39 is 0 Å². The molecule has 3 N–H and O–H groups in total. The van der Waals surface area contributed by atoms with Gasteiger partial charge in [-0.05, 0) is 67.8 Å². The van der Waals surface area contributed by atoms with E-state index in [0.29, 0.717) is 12.5 Å². The lowest BCUT2D eigenvalue weighted by Gasteiger charge is -2.22. The molecule has 2 aliphatic rings. The van der Waals surface area contributed by atoms with Crippen LogP contribution in [0.25, 0.3) is 10.2 Å². The maximum atomic E-state index is 6.65. The molecule has 0 saturated heterocycles. The maximum absolute atomic E-state index is 6.65. The molecule has 2 aliphatic carbocycles. The van der Waals surface area contributed by atoms with E-state index in [1.807, 2.05) is 12.1 Å². The molecule has 0 bridgehead atoms. The molecule has 3 aromatic heterocycles. The van der Waals surface area contributed by atoms with Crippen LogP contribution in [0.5, 0.6) is 0 Å². The van der Waals surface area contributed by atoms with Gasteiger partial charge in [0, 0.05) is 16.3 Å². The van der Waals surface area contributed by atoms with Gasteiger partial charge in [0.2, 0.25) is 5.28 Å². The normalized spacial score (nSPS) is 19.7. The number of thiophene rings is 1. The van der Waals surface area contributed by atoms with Crippen LogP contribution in [0.2, 0.25) is 5.28 Å². The zero-order chi connectivity index (χ0) is 17.9. The number of aryl methyl sites for hydroxylation is 1. The van der Waals surface area contributed by atoms with Crippen LogP contribution in [0.1, 0.15) is 41.9 Å². The van der Waals surface area contributed by atoms with Crippen molar-refractivity contribution in [3.05, 3.63) is 39.9 Å². The highest BCUT2D eigenvalue weighted by Crippen LogP contribution is 2.59. The van der Waals surface area contributed by atoms with Gasteiger partial charge < -0.3 is 15.5 Å². The molecule has 0 radical (unpaired) electrons. The Bertz CT molecular complexity index is 960. The molecule has 7 heteroatoms. The van der Waals surface area contributed by atoms with Crippen molar-refractivity contribution in [3.8, 4) is 0 Å². The Kier molecular flexibility index (Phi) is 3.78. The second-order valence-electron chi connectivity index (χ2n) is 7.53. The van der Waals surface area contributed by atoms with Gasteiger partial charge in [0.15, 0.2) is 0 Å². The molecule has 5 rings (SSSR count). The van der Waals surface area contributed by atoms with E-state index >= 15 is 0 Å². The highest BCUT2D eigenvalue weighted by atomic mass is 35.5. The minimum absolute atomic E-state index is 0.140. The van der Waals surface area contributed by atoms with Gasteiger partial charge >= 0.3 is 0 Å². The molecule has 2 fully saturated rings. The Morgan fingerprint density at radius 2 is 2.23 bits per heavy atom. The van der Waals surface area contributed by atoms with Crippen molar-refractivity contribution in [1.82, 2.24) is 9.97 Å². The number of anilines is 1. The standard InChI is InChI=1S/C19H21ClN4OS/c1-10-13-14(26-16(10)19(6-7-19)15(21)11-4-5-11)17(24-18(20)23-13)22-9-12-3-2-8-25-12/h2-3,8,11,15H,4-7,9,21H2,1H3,(H,22,23,24). The summed E-state index contributed by atoms with van der Waals surface area (Å²) in [5, 5.41) is 3.62. The van der Waals surface area contributed by atoms with Crippen molar-refractivity contribution in [1.29, 1.82) is 0 Å². The van der Waals surface area contributed by atoms with Crippen molar-refractivity contribution in [2.75, 3.05) is 5.32 Å². The van der Waals surface area contributed by atoms with Crippen LogP contribution in [0, 0.1) is 12.8 Å². The molecule has 0 aliphatic heterocycles. The Morgan fingerprint density at radius 1 is 1.42 bits per heavy atom. The van der Waals surface area contributed by atoms with Gasteiger partial charge in [0.25, 0.3) is 0 Å². The SMILES string of the molecule is Cc1c(C2(C(N)C3CC3)CC2)sc2c(NCc3ccco3)nc(Cl)nc12. The van der Waals surface area contributed by atoms with Gasteiger partial charge in [0.1, 0.15) is 11.6 Å². The first-order valence-electron chi connectivity index (χ1n) is 9.07. The van der Waals surface area contributed by atoms with Gasteiger partial charge in [0.05, 0.1) is 23.0 Å². The summed E-state index contributed by atoms with van der Waals surface area (Å²) in [6, 6.07) is 4.08. The molecule has 2 saturated carbocycles. The van der Waals surface area contributed by atoms with Gasteiger partial charge in [-0.15, -0.1) is 11.3 Å². The van der Waals surface area contributed by atoms with Crippen molar-refractivity contribution in [2.24, 2.45) is 11.7 Å². The average Bonchev–Trinajstić information content (AvgIpc) is 3.55. The lowest BCUT2D eigenvalue weighted by molar-refractivity contribution is 0.471. The minimum atomic E-state index is 0.140. The third kappa shape index (κ3) is 2.63. The van der Waals surface area contributed by atoms with Crippen LogP contribution >= 0.6 is 22.9 Å². The Hall–Kier alpha value is -1.63. The molecule has 1 atom stereocenters. The summed E-state index contributed by atoms with van der Waals surface area (Å²) in [5.41, 5.74) is 8.95. The van der Waals surface area contributed by atoms with Gasteiger partial charge in [-0.2, -0.15) is 4.98 Å². The summed E-state index contributed by atoms with van der Waals surface area (Å²) in [4.78, 5) is 10.3. The summed E-state index contributed by atoms with van der Waals surface area (Å²) in [5.74, 6) is 2.32. The molecular weight excluding hydrogens is 368 g/mol. The van der Waals surface area contributed by atoms with E-state index in [4.69, 9.17) is 21.8 Å². The number of nitrogens with zero attached hydrogens (tertiary/aromatic N) is 2. The van der Waals surface area contributed by atoms with Crippen LogP contribution in [-0.4, -0.2) is 16.0 Å². The second-order valence-corrected chi connectivity index (χ2v) is 8.89. The van der Waals surface area contributed by atoms with Crippen molar-refractivity contribution < 1.29 is 4.42 Å². The third-order valence-corrected chi connectivity index (χ3v) is 7.43. The fraction of sp³-hybridized carbons (Fsp3) is 0.474. The fourth-order valence-electron chi connectivity index (χ4n) is 3.99. The van der Waals surface area contributed by atoms with Gasteiger partial charge in [-0.25, -0.2) is 4.98 Å². The smallest absolute Gasteiger partial charge is 0.224 e. The molecule has 3 aromatic rings. The Morgan fingerprint density at radius 3 is 2.88 bits per heavy atom. The summed E-state index contributed by atoms with van der Waals surface area (Å²) in [6.45, 7) is 2.71. The molecule has 136 valence electrons. The highest BCUT2D eigenvalue weighted by Gasteiger charge is 2.55. The zero-order valence-electron chi connectivity index (χ0n) is 14.6. The first-order chi connectivity index (χ1) is 12.6. The van der Waals surface area contributed by atoms with E-state index in [0.717, 1.165) is 21.8 Å². The van der Waals surface area contributed by atoms with Crippen LogP contribution in [0.4, 0.5) is 5.82 Å². The largest absolute Gasteiger partial charge is 0.467 e. The topological polar surface area (TPSA) is 77.0 Å². The number of aromatic nitrogens is 2. The molecule has 0 aromatic carbocycles. The molecule has 3 heterocycles. The average molecular weight is 389 g/mol. The predicted octanol–water partition coefficient (Wildman–Crippen LogP) is 4.63. The number of fused-ring (bicyclic) bond motifs is 1. The van der Waals surface area contributed by atoms with E-state index in [1.165, 1.54) is 36.1 Å². The van der Waals surface area contributed by atoms with Crippen molar-refractivity contribution >= 4 is 39.0 Å². The van der Waals surface area contributed by atoms with E-state index in [-0.39, 0.29) is 16.7 Å². The predicted molar refractivity (Wildman–Crippen MR) is 105 cm³/mol. The lowest BCUT2D eigenvalue weighted by Crippen LogP contribution is -2.36. The number of hydrogen-bond donors (Lipinski definition) is 2. The number of hydrogen-bond acceptors (Lipinski definition) is 6. The molecular formula is C19H21ClN4OS. The molecule has 1 unspecified atom stereocenters. The maximum Gasteiger partial charge on any atom is 0.224 e. The summed E-state index contributed by atoms with van der Waals surface area (Å²) in [7, 11) is 0. The van der Waals surface area contributed by atoms with Crippen LogP contribution < -0.4 is 11.1 Å². The number of halogens is 1. The first kappa shape index (κ1) is 16.5. The van der Waals surface area contributed by atoms with E-state index in [2.05, 4.69) is 22.2 Å². The Labute approximate surface area is 161 Å². The van der Waals surface area contributed by atoms with E-state index in [1.54, 1.807) is 17.6 Å². The van der Waals surface area contributed by atoms with Crippen LogP contribution in [-0.2, 0) is 12.0 Å². The highest BCUT2D eigenvalue weighted by molar-refractivity contribution is 7.20. The molecule has 0 amide bonds. The summed E-state index contributed by atoms with van der Waals surface area (Å²) in [6.07, 6.45) is 6.56. The summed E-state index contributed by atoms with van der Waals surface area (Å²) < 4.78 is 6.46. The van der Waals surface area contributed by atoms with Crippen molar-refractivity contribution in [2.45, 2.75) is 50.6 Å². The number of furan rings is 1. The lowest BCUT2D eigenvalue weighted by atomic mass is 9.89. The van der Waals surface area contributed by atoms with Crippen LogP contribution in [0.15, 0.2) is 22.8 Å². The quantitative estimate of drug-likeness (QED) is 0.602. The number of rotatable bonds is 6. The molecule has 0 spiro atoms.